The second-order valence-corrected chi connectivity index (χ2v) is 7.95. The van der Waals surface area contributed by atoms with Gasteiger partial charge in [0.2, 0.25) is 0 Å². The van der Waals surface area contributed by atoms with Crippen LogP contribution in [-0.4, -0.2) is 30.5 Å². The average molecular weight is 357 g/mol. The van der Waals surface area contributed by atoms with Gasteiger partial charge in [-0.2, -0.15) is 0 Å². The number of hydrogen-bond donors (Lipinski definition) is 2. The highest BCUT2D eigenvalue weighted by atomic mass is 32.1. The molecule has 0 fully saturated rings. The zero-order valence-corrected chi connectivity index (χ0v) is 15.6. The van der Waals surface area contributed by atoms with Crippen molar-refractivity contribution in [1.29, 1.82) is 0 Å². The number of fused-ring (bicyclic) bond motifs is 3. The van der Waals surface area contributed by atoms with Gasteiger partial charge in [-0.25, -0.2) is 0 Å². The highest BCUT2D eigenvalue weighted by Crippen LogP contribution is 2.41. The summed E-state index contributed by atoms with van der Waals surface area (Å²) in [6, 6.07) is 8.32. The van der Waals surface area contributed by atoms with E-state index in [1.807, 2.05) is 24.3 Å². The normalized spacial score (nSPS) is 19.8. The fourth-order valence-electron chi connectivity index (χ4n) is 3.54. The third-order valence-corrected chi connectivity index (χ3v) is 6.19. The van der Waals surface area contributed by atoms with Gasteiger partial charge in [0.15, 0.2) is 0 Å². The number of thiophene rings is 1. The average Bonchev–Trinajstić information content (AvgIpc) is 2.99. The number of carbonyl (C=O) groups is 1. The lowest BCUT2D eigenvalue weighted by atomic mass is 9.99. The first-order valence-corrected chi connectivity index (χ1v) is 9.48. The predicted molar refractivity (Wildman–Crippen MR) is 100 cm³/mol. The topological polar surface area (TPSA) is 53.6 Å². The molecular formula is C19H23N3O2S. The fraction of sp³-hybridized carbons (Fsp3) is 0.421. The Balaban J connectivity index is 1.62. The number of nitrogens with zero attached hydrogens (tertiary/aromatic N) is 1. The molecule has 0 saturated carbocycles. The molecule has 0 saturated heterocycles. The summed E-state index contributed by atoms with van der Waals surface area (Å²) in [4.78, 5) is 16.5. The molecule has 1 aromatic carbocycles. The van der Waals surface area contributed by atoms with Gasteiger partial charge in [-0.1, -0.05) is 12.1 Å². The molecule has 2 N–H and O–H groups in total. The second-order valence-electron chi connectivity index (χ2n) is 6.85. The van der Waals surface area contributed by atoms with E-state index in [1.165, 1.54) is 10.4 Å². The summed E-state index contributed by atoms with van der Waals surface area (Å²) < 4.78 is 5.21. The van der Waals surface area contributed by atoms with Crippen LogP contribution in [-0.2, 0) is 13.0 Å². The number of hydrogen-bond acceptors (Lipinski definition) is 5. The van der Waals surface area contributed by atoms with Crippen LogP contribution in [0.1, 0.15) is 46.4 Å². The summed E-state index contributed by atoms with van der Waals surface area (Å²) in [5, 5.41) is 7.61. The fourth-order valence-corrected chi connectivity index (χ4v) is 4.84. The first kappa shape index (κ1) is 16.4. The number of amides is 1. The second kappa shape index (κ2) is 6.35. The summed E-state index contributed by atoms with van der Waals surface area (Å²) in [7, 11) is 1.65. The van der Waals surface area contributed by atoms with E-state index in [-0.39, 0.29) is 12.1 Å². The molecule has 4 rings (SSSR count). The molecule has 2 aliphatic rings. The summed E-state index contributed by atoms with van der Waals surface area (Å²) in [5.41, 5.74) is 3.11. The molecule has 1 amide bonds. The zero-order valence-electron chi connectivity index (χ0n) is 14.8. The van der Waals surface area contributed by atoms with Crippen molar-refractivity contribution in [3.05, 3.63) is 45.8 Å². The van der Waals surface area contributed by atoms with Crippen molar-refractivity contribution in [2.75, 3.05) is 19.0 Å². The molecule has 2 aromatic rings. The molecule has 0 radical (unpaired) electrons. The molecule has 0 bridgehead atoms. The lowest BCUT2D eigenvalue weighted by molar-refractivity contribution is 0.0934. The minimum atomic E-state index is -0.202. The van der Waals surface area contributed by atoms with Gasteiger partial charge in [0.25, 0.3) is 5.91 Å². The largest absolute Gasteiger partial charge is 0.497 e. The van der Waals surface area contributed by atoms with Crippen LogP contribution in [0.15, 0.2) is 24.3 Å². The highest BCUT2D eigenvalue weighted by molar-refractivity contribution is 7.16. The van der Waals surface area contributed by atoms with Gasteiger partial charge in [-0.15, -0.1) is 11.3 Å². The molecule has 6 heteroatoms. The first-order chi connectivity index (χ1) is 12.1. The summed E-state index contributed by atoms with van der Waals surface area (Å²) in [6.07, 6.45) is 0.744. The molecule has 25 heavy (non-hydrogen) atoms. The molecule has 5 nitrogen and oxygen atoms in total. The van der Waals surface area contributed by atoms with E-state index in [0.717, 1.165) is 41.4 Å². The van der Waals surface area contributed by atoms with Gasteiger partial charge in [-0.3, -0.25) is 9.69 Å². The maximum absolute atomic E-state index is 12.8. The van der Waals surface area contributed by atoms with E-state index in [9.17, 15) is 4.79 Å². The molecular weight excluding hydrogens is 334 g/mol. The van der Waals surface area contributed by atoms with E-state index < -0.39 is 0 Å². The Morgan fingerprint density at radius 3 is 2.68 bits per heavy atom. The molecule has 1 aromatic heterocycles. The predicted octanol–water partition coefficient (Wildman–Crippen LogP) is 3.38. The molecule has 0 spiro atoms. The van der Waals surface area contributed by atoms with Gasteiger partial charge in [0.05, 0.1) is 12.7 Å². The quantitative estimate of drug-likeness (QED) is 0.884. The van der Waals surface area contributed by atoms with Crippen LogP contribution in [0.5, 0.6) is 5.75 Å². The lowest BCUT2D eigenvalue weighted by Crippen LogP contribution is -2.39. The molecule has 1 atom stereocenters. The number of carbonyl (C=O) groups excluding carboxylic acids is 1. The Hall–Kier alpha value is -2.05. The van der Waals surface area contributed by atoms with Gasteiger partial charge in [-0.05, 0) is 43.5 Å². The van der Waals surface area contributed by atoms with Crippen LogP contribution in [0.2, 0.25) is 0 Å². The number of rotatable bonds is 3. The number of methoxy groups -OCH3 is 1. The lowest BCUT2D eigenvalue weighted by Gasteiger charge is -2.31. The van der Waals surface area contributed by atoms with Crippen LogP contribution >= 0.6 is 11.3 Å². The van der Waals surface area contributed by atoms with Gasteiger partial charge >= 0.3 is 0 Å². The van der Waals surface area contributed by atoms with Crippen molar-refractivity contribution in [2.45, 2.75) is 39.0 Å². The Kier molecular flexibility index (Phi) is 4.17. The summed E-state index contributed by atoms with van der Waals surface area (Å²) in [5.74, 6) is 0.844. The van der Waals surface area contributed by atoms with E-state index in [4.69, 9.17) is 4.74 Å². The van der Waals surface area contributed by atoms with Gasteiger partial charge in [0.1, 0.15) is 16.9 Å². The van der Waals surface area contributed by atoms with Crippen molar-refractivity contribution < 1.29 is 9.53 Å². The van der Waals surface area contributed by atoms with Crippen LogP contribution in [0, 0.1) is 0 Å². The van der Waals surface area contributed by atoms with Gasteiger partial charge in [0, 0.05) is 24.0 Å². The maximum atomic E-state index is 12.8. The Bertz CT molecular complexity index is 798. The molecule has 132 valence electrons. The number of nitrogens with one attached hydrogen (secondary N) is 2. The molecule has 0 unspecified atom stereocenters. The minimum Gasteiger partial charge on any atom is -0.497 e. The molecule has 2 aliphatic heterocycles. The smallest absolute Gasteiger partial charge is 0.256 e. The molecule has 0 aliphatic carbocycles. The van der Waals surface area contributed by atoms with E-state index >= 15 is 0 Å². The van der Waals surface area contributed by atoms with E-state index in [0.29, 0.717) is 6.04 Å². The van der Waals surface area contributed by atoms with Crippen molar-refractivity contribution in [2.24, 2.45) is 0 Å². The van der Waals surface area contributed by atoms with Crippen LogP contribution in [0.25, 0.3) is 0 Å². The van der Waals surface area contributed by atoms with Crippen LogP contribution in [0.3, 0.4) is 0 Å². The van der Waals surface area contributed by atoms with Crippen LogP contribution in [0.4, 0.5) is 5.00 Å². The third-order valence-electron chi connectivity index (χ3n) is 5.04. The standard InChI is InChI=1S/C19H23N3O2S/c1-11(2)22-9-8-14-15(10-22)25-19-16(14)18(23)20-17(21-19)12-4-6-13(24-3)7-5-12/h4-7,11,17,21H,8-10H2,1-3H3,(H,20,23)/t17-/m0/s1. The zero-order chi connectivity index (χ0) is 17.6. The monoisotopic (exact) mass is 357 g/mol. The highest BCUT2D eigenvalue weighted by Gasteiger charge is 2.33. The maximum Gasteiger partial charge on any atom is 0.256 e. The minimum absolute atomic E-state index is 0.0325. The van der Waals surface area contributed by atoms with Gasteiger partial charge < -0.3 is 15.4 Å². The van der Waals surface area contributed by atoms with Crippen molar-refractivity contribution in [1.82, 2.24) is 10.2 Å². The number of benzene rings is 1. The summed E-state index contributed by atoms with van der Waals surface area (Å²) >= 11 is 1.73. The Morgan fingerprint density at radius 2 is 2.00 bits per heavy atom. The van der Waals surface area contributed by atoms with Crippen molar-refractivity contribution in [3.63, 3.8) is 0 Å². The number of ether oxygens (including phenoxy) is 1. The molecule has 3 heterocycles. The van der Waals surface area contributed by atoms with Crippen molar-refractivity contribution >= 4 is 22.2 Å². The first-order valence-electron chi connectivity index (χ1n) is 8.66. The SMILES string of the molecule is COc1ccc([C@H]2NC(=O)c3c(sc4c3CCN(C(C)C)C4)N2)cc1. The Labute approximate surface area is 152 Å². The Morgan fingerprint density at radius 1 is 1.24 bits per heavy atom. The van der Waals surface area contributed by atoms with Crippen LogP contribution < -0.4 is 15.4 Å². The van der Waals surface area contributed by atoms with Crippen molar-refractivity contribution in [3.8, 4) is 5.75 Å². The van der Waals surface area contributed by atoms with E-state index in [1.54, 1.807) is 18.4 Å². The van der Waals surface area contributed by atoms with E-state index in [2.05, 4.69) is 29.4 Å². The summed E-state index contributed by atoms with van der Waals surface area (Å²) in [6.45, 7) is 6.40. The number of anilines is 1. The third kappa shape index (κ3) is 2.89.